The van der Waals surface area contributed by atoms with Crippen molar-refractivity contribution in [3.05, 3.63) is 467 Å². The lowest BCUT2D eigenvalue weighted by atomic mass is 10.2. The van der Waals surface area contributed by atoms with Gasteiger partial charge in [0, 0.05) is 67.4 Å². The Hall–Kier alpha value is -9.57. The summed E-state index contributed by atoms with van der Waals surface area (Å²) in [5, 5.41) is 0. The molecule has 0 fully saturated rings. The van der Waals surface area contributed by atoms with Gasteiger partial charge in [0.2, 0.25) is 0 Å². The second kappa shape index (κ2) is 36.6. The minimum Gasteiger partial charge on any atom is -0.494 e. The zero-order chi connectivity index (χ0) is 72.5. The van der Waals surface area contributed by atoms with E-state index in [1.165, 1.54) is 23.6 Å². The molecule has 0 saturated heterocycles. The van der Waals surface area contributed by atoms with E-state index in [1.807, 2.05) is 12.1 Å². The molecule has 0 N–H and O–H groups in total. The van der Waals surface area contributed by atoms with E-state index in [2.05, 4.69) is 382 Å². The van der Waals surface area contributed by atoms with Crippen LogP contribution in [0.1, 0.15) is 79.2 Å². The molecule has 0 spiro atoms. The molecule has 0 aliphatic carbocycles. The molecule has 0 unspecified atom stereocenters. The Kier molecular flexibility index (Phi) is 25.8. The first-order chi connectivity index (χ1) is 52.0. The molecule has 106 heavy (non-hydrogen) atoms. The van der Waals surface area contributed by atoms with Crippen LogP contribution in [0.2, 0.25) is 0 Å². The molecule has 0 saturated carbocycles. The van der Waals surface area contributed by atoms with Crippen LogP contribution in [0.15, 0.2) is 394 Å². The molecule has 13 rings (SSSR count). The Morgan fingerprint density at radius 3 is 0.453 bits per heavy atom. The molecule has 7 nitrogen and oxygen atoms in total. The van der Waals surface area contributed by atoms with Gasteiger partial charge in [-0.1, -0.05) is 394 Å². The van der Waals surface area contributed by atoms with Gasteiger partial charge in [-0.15, -0.1) is 0 Å². The van der Waals surface area contributed by atoms with E-state index in [4.69, 9.17) is 8.54 Å². The van der Waals surface area contributed by atoms with Crippen LogP contribution in [0.5, 0.6) is 0 Å². The van der Waals surface area contributed by atoms with Gasteiger partial charge in [-0.05, 0) is 90.5 Å². The molecule has 0 aliphatic heterocycles. The highest BCUT2D eigenvalue weighted by Crippen LogP contribution is 2.41. The minimum absolute atomic E-state index is 0.367. The van der Waals surface area contributed by atoms with Crippen LogP contribution >= 0.6 is 0 Å². The lowest BCUT2D eigenvalue weighted by Gasteiger charge is -2.51. The second-order valence-electron chi connectivity index (χ2n) is 28.5. The summed E-state index contributed by atoms with van der Waals surface area (Å²) in [4.78, 5) is 14.6. The van der Waals surface area contributed by atoms with Crippen molar-refractivity contribution in [1.29, 1.82) is 0 Å². The summed E-state index contributed by atoms with van der Waals surface area (Å²) >= 11 is 0. The molecule has 0 radical (unpaired) electrons. The van der Waals surface area contributed by atoms with Crippen LogP contribution < -0.4 is 0 Å². The summed E-state index contributed by atoms with van der Waals surface area (Å²) in [7, 11) is -24.0. The topological polar surface area (TPSA) is 72.5 Å². The number of carbonyl (C=O) groups is 1. The number of hydrogen-bond donors (Lipinski definition) is 0. The first-order valence-corrected chi connectivity index (χ1v) is 50.9. The summed E-state index contributed by atoms with van der Waals surface area (Å²) in [6.07, 6.45) is 0. The van der Waals surface area contributed by atoms with Crippen molar-refractivity contribution in [2.75, 3.05) is 0 Å². The van der Waals surface area contributed by atoms with Crippen LogP contribution in [-0.2, 0) is 108 Å². The van der Waals surface area contributed by atoms with Gasteiger partial charge in [0.15, 0.2) is 8.32 Å². The summed E-state index contributed by atoms with van der Waals surface area (Å²) < 4.78 is 53.4. The van der Waals surface area contributed by atoms with Gasteiger partial charge in [-0.3, -0.25) is 4.79 Å². The third-order valence-corrected chi connectivity index (χ3v) is 47.9. The SMILES string of the molecule is CC(=O)O[Si](Cc1ccccc1)(Cc1ccccc1)O[Si](Cc1ccccc1)(Cc1ccccc1)O[Si](Cc1ccccc1)(Cc1ccccc1)O[Si](Cc1ccccc1)(Cc1ccccc1)O[Si](Cc1ccccc1)(Cc1ccccc1)O[Si](Cc1ccccc1)(Cc1ccccc1)Cc1ccccc1. The Balaban J connectivity index is 1.13. The number of rotatable bonds is 37. The van der Waals surface area contributed by atoms with Gasteiger partial charge < -0.3 is 25.0 Å². The number of benzene rings is 13. The first kappa shape index (κ1) is 74.7. The highest BCUT2D eigenvalue weighted by molar-refractivity contribution is 6.92. The Bertz CT molecular complexity index is 4400. The lowest BCUT2D eigenvalue weighted by molar-refractivity contribution is -0.133. The fourth-order valence-corrected chi connectivity index (χ4v) is 51.0. The molecule has 0 bridgehead atoms. The normalized spacial score (nSPS) is 12.2. The standard InChI is InChI=1S/C93H94O7Si6/c1-80(94)95-102(70-84-47-21-5-22-48-84,71-85-49-23-6-24-50-85)97-104(74-88-55-29-9-30-56-88,75-89-57-31-10-32-58-89)99-106(78-92-63-37-13-38-64-92,79-93-65-39-14-40-66-93)100-105(76-90-59-33-11-34-60-90,77-91-61-35-12-36-62-91)98-103(72-86-51-25-7-26-52-86,73-87-53-27-8-28-54-87)96-101(67-81-41-15-2-16-42-81,68-82-43-17-3-18-44-82)69-83-45-19-4-20-46-83/h2-66H,67-79H2,1H3. The fourth-order valence-electron chi connectivity index (χ4n) is 15.4. The van der Waals surface area contributed by atoms with Gasteiger partial charge in [0.1, 0.15) is 0 Å². The first-order valence-electron chi connectivity index (χ1n) is 37.2. The fraction of sp³-hybridized carbons (Fsp3) is 0.151. The molecule has 13 heteroatoms. The minimum atomic E-state index is -4.28. The summed E-state index contributed by atoms with van der Waals surface area (Å²) in [6.45, 7) is 1.54. The molecule has 0 atom stereocenters. The zero-order valence-electron chi connectivity index (χ0n) is 60.6. The van der Waals surface area contributed by atoms with Crippen LogP contribution in [0.25, 0.3) is 0 Å². The largest absolute Gasteiger partial charge is 0.494 e. The molecule has 0 aromatic heterocycles. The number of hydrogen-bond acceptors (Lipinski definition) is 7. The molecule has 13 aromatic rings. The smallest absolute Gasteiger partial charge is 0.401 e. The van der Waals surface area contributed by atoms with Gasteiger partial charge in [0.25, 0.3) is 5.97 Å². The number of carbonyl (C=O) groups excluding carboxylic acids is 1. The van der Waals surface area contributed by atoms with Gasteiger partial charge in [-0.25, -0.2) is 0 Å². The highest BCUT2D eigenvalue weighted by Gasteiger charge is 2.61. The van der Waals surface area contributed by atoms with E-state index in [-0.39, 0.29) is 0 Å². The summed E-state index contributed by atoms with van der Waals surface area (Å²) in [6, 6.07) is 147. The van der Waals surface area contributed by atoms with Crippen molar-refractivity contribution in [3.63, 3.8) is 0 Å². The maximum atomic E-state index is 14.6. The Labute approximate surface area is 634 Å². The maximum absolute atomic E-state index is 14.6. The third-order valence-electron chi connectivity index (χ3n) is 19.5. The second-order valence-corrected chi connectivity index (χ2v) is 48.8. The van der Waals surface area contributed by atoms with Gasteiger partial charge >= 0.3 is 42.8 Å². The lowest BCUT2D eigenvalue weighted by Crippen LogP contribution is -2.72. The van der Waals surface area contributed by atoms with Crippen LogP contribution in [-0.4, -0.2) is 57.1 Å². The van der Waals surface area contributed by atoms with E-state index >= 15 is 0 Å². The van der Waals surface area contributed by atoms with Crippen molar-refractivity contribution in [2.45, 2.75) is 85.5 Å². The van der Waals surface area contributed by atoms with E-state index in [0.717, 1.165) is 73.8 Å². The van der Waals surface area contributed by atoms with Crippen molar-refractivity contribution < 1.29 is 29.8 Å². The van der Waals surface area contributed by atoms with Gasteiger partial charge in [-0.2, -0.15) is 0 Å². The summed E-state index contributed by atoms with van der Waals surface area (Å²) in [5.74, 6) is -0.399. The maximum Gasteiger partial charge on any atom is 0.401 e. The van der Waals surface area contributed by atoms with Gasteiger partial charge in [0.05, 0.1) is 0 Å². The molecule has 0 amide bonds. The highest BCUT2D eigenvalue weighted by atomic mass is 28.5. The quantitative estimate of drug-likeness (QED) is 0.0359. The van der Waals surface area contributed by atoms with Crippen molar-refractivity contribution in [2.24, 2.45) is 0 Å². The molecule has 532 valence electrons. The van der Waals surface area contributed by atoms with Crippen molar-refractivity contribution in [3.8, 4) is 0 Å². The van der Waals surface area contributed by atoms with Crippen molar-refractivity contribution >= 4 is 57.1 Å². The zero-order valence-corrected chi connectivity index (χ0v) is 66.6. The summed E-state index contributed by atoms with van der Waals surface area (Å²) in [5.41, 5.74) is 14.4. The van der Waals surface area contributed by atoms with Crippen LogP contribution in [0, 0.1) is 0 Å². The van der Waals surface area contributed by atoms with E-state index in [9.17, 15) is 21.3 Å². The predicted octanol–water partition coefficient (Wildman–Crippen LogP) is 20.0. The molecular weight excluding hydrogens is 1400 g/mol. The van der Waals surface area contributed by atoms with Crippen LogP contribution in [0.3, 0.4) is 0 Å². The molecule has 13 aromatic carbocycles. The van der Waals surface area contributed by atoms with E-state index in [1.54, 1.807) is 0 Å². The molecule has 0 heterocycles. The van der Waals surface area contributed by atoms with E-state index in [0.29, 0.717) is 60.4 Å². The molecule has 0 aliphatic rings. The Morgan fingerprint density at radius 1 is 0.179 bits per heavy atom. The monoisotopic (exact) mass is 1490 g/mol. The Morgan fingerprint density at radius 2 is 0.302 bits per heavy atom. The molecular formula is C93H94O7Si6. The predicted molar refractivity (Wildman–Crippen MR) is 444 cm³/mol. The van der Waals surface area contributed by atoms with Crippen molar-refractivity contribution in [1.82, 2.24) is 0 Å². The third kappa shape index (κ3) is 21.8. The average Bonchev–Trinajstić information content (AvgIpc) is 0.743. The van der Waals surface area contributed by atoms with Crippen LogP contribution in [0.4, 0.5) is 0 Å². The average molecular weight is 1490 g/mol. The van der Waals surface area contributed by atoms with E-state index < -0.39 is 57.1 Å².